The Morgan fingerprint density at radius 3 is 2.58 bits per heavy atom. The van der Waals surface area contributed by atoms with Gasteiger partial charge in [-0.05, 0) is 61.2 Å². The largest absolute Gasteiger partial charge is 0.495 e. The molecule has 0 saturated carbocycles. The first-order chi connectivity index (χ1) is 17.3. The fourth-order valence-corrected chi connectivity index (χ4v) is 4.49. The van der Waals surface area contributed by atoms with Crippen molar-refractivity contribution in [1.29, 1.82) is 5.26 Å². The molecule has 3 heterocycles. The van der Waals surface area contributed by atoms with Crippen LogP contribution in [0.25, 0.3) is 17.8 Å². The predicted molar refractivity (Wildman–Crippen MR) is 126 cm³/mol. The van der Waals surface area contributed by atoms with Crippen LogP contribution < -0.4 is 4.74 Å². The minimum atomic E-state index is -1.57. The molecule has 0 fully saturated rings. The number of halogens is 3. The van der Waals surface area contributed by atoms with E-state index in [-0.39, 0.29) is 17.8 Å². The lowest BCUT2D eigenvalue weighted by Crippen LogP contribution is -2.35. The van der Waals surface area contributed by atoms with E-state index in [2.05, 4.69) is 21.1 Å². The second kappa shape index (κ2) is 9.00. The summed E-state index contributed by atoms with van der Waals surface area (Å²) in [5.74, 6) is -3.01. The van der Waals surface area contributed by atoms with Crippen molar-refractivity contribution in [3.8, 4) is 17.5 Å². The normalized spacial score (nSPS) is 17.2. The van der Waals surface area contributed by atoms with E-state index in [1.807, 2.05) is 35.9 Å². The highest BCUT2D eigenvalue weighted by molar-refractivity contribution is 5.69. The average molecular weight is 490 g/mol. The van der Waals surface area contributed by atoms with Crippen molar-refractivity contribution >= 4 is 12.2 Å². The summed E-state index contributed by atoms with van der Waals surface area (Å²) in [4.78, 5) is 8.76. The van der Waals surface area contributed by atoms with Crippen LogP contribution in [0.4, 0.5) is 13.2 Å². The maximum absolute atomic E-state index is 14.0. The topological polar surface area (TPSA) is 81.5 Å². The lowest BCUT2D eigenvalue weighted by Gasteiger charge is -2.30. The first kappa shape index (κ1) is 23.4. The fourth-order valence-electron chi connectivity index (χ4n) is 4.49. The quantitative estimate of drug-likeness (QED) is 0.369. The van der Waals surface area contributed by atoms with Gasteiger partial charge in [-0.15, -0.1) is 0 Å². The van der Waals surface area contributed by atoms with Gasteiger partial charge < -0.3 is 9.30 Å². The highest BCUT2D eigenvalue weighted by Gasteiger charge is 2.43. The molecule has 0 radical (unpaired) electrons. The molecule has 7 nitrogen and oxygen atoms in total. The molecule has 0 aliphatic carbocycles. The number of hydrogen-bond acceptors (Lipinski definition) is 5. The molecule has 5 rings (SSSR count). The number of nitriles is 1. The Morgan fingerprint density at radius 1 is 1.14 bits per heavy atom. The Hall–Kier alpha value is -4.39. The van der Waals surface area contributed by atoms with E-state index in [1.165, 1.54) is 0 Å². The van der Waals surface area contributed by atoms with E-state index in [4.69, 9.17) is 4.74 Å². The van der Waals surface area contributed by atoms with Crippen molar-refractivity contribution in [2.45, 2.75) is 31.7 Å². The summed E-state index contributed by atoms with van der Waals surface area (Å²) in [5.41, 5.74) is 1.12. The van der Waals surface area contributed by atoms with Gasteiger partial charge in [-0.25, -0.2) is 27.8 Å². The second-order valence-electron chi connectivity index (χ2n) is 8.58. The zero-order valence-corrected chi connectivity index (χ0v) is 19.5. The molecular formula is C26H21F3N6O. The van der Waals surface area contributed by atoms with Crippen molar-refractivity contribution in [2.75, 3.05) is 7.11 Å². The molecule has 10 heteroatoms. The number of rotatable bonds is 5. The number of aryl methyl sites for hydroxylation is 2. The van der Waals surface area contributed by atoms with Gasteiger partial charge >= 0.3 is 0 Å². The molecule has 0 amide bonds. The molecule has 36 heavy (non-hydrogen) atoms. The Kier molecular flexibility index (Phi) is 5.84. The number of hydrogen-bond donors (Lipinski definition) is 0. The summed E-state index contributed by atoms with van der Waals surface area (Å²) < 4.78 is 50.5. The minimum Gasteiger partial charge on any atom is -0.495 e. The zero-order chi connectivity index (χ0) is 25.4. The standard InChI is InChI=1S/C26H21F3N6O/c1-16-13-34(15-31-16)21-6-4-17(10-22(21)36-2)5-7-23-32-25-26(14-30,8-3-9-35(25)33-23)18-11-19(27)24(29)20(28)12-18/h4-7,10-13,15H,3,8-9H2,1-2H3/t26-/m0/s1. The van der Waals surface area contributed by atoms with Gasteiger partial charge in [-0.3, -0.25) is 0 Å². The highest BCUT2D eigenvalue weighted by atomic mass is 19.2. The van der Waals surface area contributed by atoms with E-state index >= 15 is 0 Å². The Labute approximate surface area is 205 Å². The van der Waals surface area contributed by atoms with E-state index in [1.54, 1.807) is 30.3 Å². The summed E-state index contributed by atoms with van der Waals surface area (Å²) in [6.45, 7) is 2.40. The van der Waals surface area contributed by atoms with Crippen LogP contribution in [-0.4, -0.2) is 31.4 Å². The molecule has 0 saturated heterocycles. The van der Waals surface area contributed by atoms with Crippen molar-refractivity contribution < 1.29 is 17.9 Å². The Morgan fingerprint density at radius 2 is 1.92 bits per heavy atom. The summed E-state index contributed by atoms with van der Waals surface area (Å²) in [5, 5.41) is 14.6. The van der Waals surface area contributed by atoms with Gasteiger partial charge in [0, 0.05) is 12.7 Å². The van der Waals surface area contributed by atoms with Crippen LogP contribution in [0.3, 0.4) is 0 Å². The minimum absolute atomic E-state index is 0.0142. The third-order valence-electron chi connectivity index (χ3n) is 6.28. The monoisotopic (exact) mass is 490 g/mol. The van der Waals surface area contributed by atoms with Gasteiger partial charge in [0.05, 0.1) is 30.9 Å². The third-order valence-corrected chi connectivity index (χ3v) is 6.28. The van der Waals surface area contributed by atoms with Crippen LogP contribution in [0.2, 0.25) is 0 Å². The molecule has 1 aliphatic rings. The zero-order valence-electron chi connectivity index (χ0n) is 19.5. The molecule has 1 aliphatic heterocycles. The van der Waals surface area contributed by atoms with Crippen molar-refractivity contribution in [3.05, 3.63) is 88.8 Å². The molecule has 182 valence electrons. The SMILES string of the molecule is COc1cc(C=Cc2nc3n(n2)CCC[C@]3(C#N)c2cc(F)c(F)c(F)c2)ccc1-n1cnc(C)c1. The van der Waals surface area contributed by atoms with Gasteiger partial charge in [0.2, 0.25) is 0 Å². The number of nitrogens with zero attached hydrogens (tertiary/aromatic N) is 6. The van der Waals surface area contributed by atoms with Crippen LogP contribution in [-0.2, 0) is 12.0 Å². The second-order valence-corrected chi connectivity index (χ2v) is 8.58. The van der Waals surface area contributed by atoms with Crippen molar-refractivity contribution in [2.24, 2.45) is 0 Å². The smallest absolute Gasteiger partial charge is 0.194 e. The molecule has 0 spiro atoms. The average Bonchev–Trinajstić information content (AvgIpc) is 3.51. The van der Waals surface area contributed by atoms with Crippen LogP contribution >= 0.6 is 0 Å². The Bertz CT molecular complexity index is 1510. The van der Waals surface area contributed by atoms with E-state index < -0.39 is 22.9 Å². The molecule has 2 aromatic carbocycles. The number of methoxy groups -OCH3 is 1. The molecule has 2 aromatic heterocycles. The van der Waals surface area contributed by atoms with Crippen LogP contribution in [0.15, 0.2) is 42.9 Å². The Balaban J connectivity index is 1.49. The van der Waals surface area contributed by atoms with Crippen LogP contribution in [0.1, 0.15) is 41.3 Å². The molecule has 0 bridgehead atoms. The summed E-state index contributed by atoms with van der Waals surface area (Å²) in [6.07, 6.45) is 7.92. The first-order valence-corrected chi connectivity index (χ1v) is 11.2. The number of aromatic nitrogens is 5. The third kappa shape index (κ3) is 3.92. The fraction of sp³-hybridized carbons (Fsp3) is 0.231. The molecule has 4 aromatic rings. The number of fused-ring (bicyclic) bond motifs is 1. The number of benzene rings is 2. The van der Waals surface area contributed by atoms with Gasteiger partial charge in [-0.1, -0.05) is 12.1 Å². The van der Waals surface area contributed by atoms with E-state index in [9.17, 15) is 18.4 Å². The van der Waals surface area contributed by atoms with Gasteiger partial charge in [0.25, 0.3) is 0 Å². The van der Waals surface area contributed by atoms with Crippen molar-refractivity contribution in [3.63, 3.8) is 0 Å². The molecule has 0 unspecified atom stereocenters. The lowest BCUT2D eigenvalue weighted by atomic mass is 9.75. The summed E-state index contributed by atoms with van der Waals surface area (Å²) in [7, 11) is 1.59. The van der Waals surface area contributed by atoms with Crippen molar-refractivity contribution in [1.82, 2.24) is 24.3 Å². The highest BCUT2D eigenvalue weighted by Crippen LogP contribution is 2.39. The number of imidazole rings is 1. The van der Waals surface area contributed by atoms with E-state index in [0.717, 1.165) is 29.1 Å². The summed E-state index contributed by atoms with van der Waals surface area (Å²) in [6, 6.07) is 9.55. The molecule has 1 atom stereocenters. The molecule has 0 N–H and O–H groups in total. The van der Waals surface area contributed by atoms with Gasteiger partial charge in [0.1, 0.15) is 11.2 Å². The predicted octanol–water partition coefficient (Wildman–Crippen LogP) is 4.97. The number of ether oxygens (including phenoxy) is 1. The lowest BCUT2D eigenvalue weighted by molar-refractivity contribution is 0.385. The maximum Gasteiger partial charge on any atom is 0.194 e. The van der Waals surface area contributed by atoms with Gasteiger partial charge in [-0.2, -0.15) is 10.4 Å². The van der Waals surface area contributed by atoms with Crippen LogP contribution in [0.5, 0.6) is 5.75 Å². The first-order valence-electron chi connectivity index (χ1n) is 11.2. The van der Waals surface area contributed by atoms with Crippen LogP contribution in [0, 0.1) is 35.7 Å². The molecular weight excluding hydrogens is 469 g/mol. The van der Waals surface area contributed by atoms with E-state index in [0.29, 0.717) is 24.5 Å². The van der Waals surface area contributed by atoms with Gasteiger partial charge in [0.15, 0.2) is 29.1 Å². The maximum atomic E-state index is 14.0. The summed E-state index contributed by atoms with van der Waals surface area (Å²) >= 11 is 0.